The van der Waals surface area contributed by atoms with E-state index >= 15 is 0 Å². The van der Waals surface area contributed by atoms with E-state index in [1.54, 1.807) is 4.31 Å². The highest BCUT2D eigenvalue weighted by atomic mass is 32.2. The van der Waals surface area contributed by atoms with Crippen molar-refractivity contribution in [3.05, 3.63) is 29.8 Å². The van der Waals surface area contributed by atoms with Gasteiger partial charge >= 0.3 is 0 Å². The smallest absolute Gasteiger partial charge is 0.230 e. The van der Waals surface area contributed by atoms with Crippen LogP contribution >= 0.6 is 0 Å². The highest BCUT2D eigenvalue weighted by Gasteiger charge is 2.40. The minimum absolute atomic E-state index is 0.0129. The van der Waals surface area contributed by atoms with Gasteiger partial charge in [-0.15, -0.1) is 0 Å². The Kier molecular flexibility index (Phi) is 6.81. The summed E-state index contributed by atoms with van der Waals surface area (Å²) in [6, 6.07) is 7.92. The van der Waals surface area contributed by atoms with Crippen LogP contribution in [0.25, 0.3) is 0 Å². The van der Waals surface area contributed by atoms with Crippen LogP contribution in [0.2, 0.25) is 0 Å². The molecule has 3 rings (SSSR count). The van der Waals surface area contributed by atoms with Crippen molar-refractivity contribution in [2.75, 3.05) is 24.2 Å². The van der Waals surface area contributed by atoms with Crippen molar-refractivity contribution in [3.8, 4) is 0 Å². The molecule has 0 spiro atoms. The zero-order chi connectivity index (χ0) is 20.2. The number of aryl methyl sites for hydroxylation is 1. The molecular weight excluding hydrogens is 372 g/mol. The average molecular weight is 407 g/mol. The maximum Gasteiger partial charge on any atom is 0.230 e. The number of nitrogens with one attached hydrogen (secondary N) is 1. The molecule has 1 saturated heterocycles. The molecule has 0 radical (unpaired) electrons. The maximum atomic E-state index is 12.8. The summed E-state index contributed by atoms with van der Waals surface area (Å²) in [6.07, 6.45) is 7.70. The van der Waals surface area contributed by atoms with E-state index in [1.165, 1.54) is 12.0 Å². The second kappa shape index (κ2) is 8.95. The van der Waals surface area contributed by atoms with Crippen LogP contribution in [0.5, 0.6) is 0 Å². The molecule has 0 bridgehead atoms. The number of benzene rings is 1. The first-order valence-electron chi connectivity index (χ1n) is 10.7. The summed E-state index contributed by atoms with van der Waals surface area (Å²) in [7, 11) is -3.22. The summed E-state index contributed by atoms with van der Waals surface area (Å²) in [4.78, 5) is 12.8. The maximum absolute atomic E-state index is 12.8. The Morgan fingerprint density at radius 3 is 2.29 bits per heavy atom. The van der Waals surface area contributed by atoms with Crippen molar-refractivity contribution in [3.63, 3.8) is 0 Å². The van der Waals surface area contributed by atoms with Gasteiger partial charge in [-0.3, -0.25) is 4.79 Å². The molecule has 6 heteroatoms. The minimum Gasteiger partial charge on any atom is -0.326 e. The molecule has 0 aromatic heterocycles. The first kappa shape index (κ1) is 21.3. The van der Waals surface area contributed by atoms with Gasteiger partial charge in [0.1, 0.15) is 0 Å². The minimum atomic E-state index is -3.22. The van der Waals surface area contributed by atoms with E-state index in [0.29, 0.717) is 31.8 Å². The average Bonchev–Trinajstić information content (AvgIpc) is 2.69. The van der Waals surface area contributed by atoms with Gasteiger partial charge in [-0.05, 0) is 55.7 Å². The molecule has 1 saturated carbocycles. The van der Waals surface area contributed by atoms with Crippen LogP contribution < -0.4 is 5.32 Å². The summed E-state index contributed by atoms with van der Waals surface area (Å²) < 4.78 is 27.2. The van der Waals surface area contributed by atoms with E-state index in [1.807, 2.05) is 31.2 Å². The SMILES string of the molecule is CCc1ccc(NC(=O)C2(C)CCN(S(=O)(=O)CC3CCCCC3)CC2)cc1. The Morgan fingerprint density at radius 1 is 1.11 bits per heavy atom. The van der Waals surface area contributed by atoms with Gasteiger partial charge in [0.25, 0.3) is 0 Å². The summed E-state index contributed by atoms with van der Waals surface area (Å²) in [6.45, 7) is 4.93. The van der Waals surface area contributed by atoms with Crippen LogP contribution in [0.4, 0.5) is 5.69 Å². The van der Waals surface area contributed by atoms with Crippen LogP contribution in [0.3, 0.4) is 0 Å². The molecule has 1 amide bonds. The fraction of sp³-hybridized carbons (Fsp3) is 0.682. The highest BCUT2D eigenvalue weighted by Crippen LogP contribution is 2.34. The molecule has 5 nitrogen and oxygen atoms in total. The molecule has 1 aliphatic heterocycles. The fourth-order valence-electron chi connectivity index (χ4n) is 4.35. The van der Waals surface area contributed by atoms with E-state index in [0.717, 1.165) is 37.8 Å². The van der Waals surface area contributed by atoms with Gasteiger partial charge in [-0.2, -0.15) is 0 Å². The van der Waals surface area contributed by atoms with Gasteiger partial charge < -0.3 is 5.32 Å². The number of carbonyl (C=O) groups excluding carboxylic acids is 1. The Balaban J connectivity index is 1.55. The van der Waals surface area contributed by atoms with Crippen LogP contribution in [0, 0.1) is 11.3 Å². The third-order valence-electron chi connectivity index (χ3n) is 6.56. The van der Waals surface area contributed by atoms with E-state index < -0.39 is 15.4 Å². The number of rotatable bonds is 6. The first-order chi connectivity index (χ1) is 13.3. The van der Waals surface area contributed by atoms with E-state index in [9.17, 15) is 13.2 Å². The molecular formula is C22H34N2O3S. The topological polar surface area (TPSA) is 66.5 Å². The molecule has 0 atom stereocenters. The van der Waals surface area contributed by atoms with Crippen LogP contribution in [-0.2, 0) is 21.2 Å². The lowest BCUT2D eigenvalue weighted by atomic mass is 9.80. The molecule has 1 aromatic rings. The lowest BCUT2D eigenvalue weighted by molar-refractivity contribution is -0.126. The number of anilines is 1. The number of carbonyl (C=O) groups is 1. The molecule has 1 heterocycles. The number of piperidine rings is 1. The van der Waals surface area contributed by atoms with Crippen LogP contribution in [0.15, 0.2) is 24.3 Å². The number of nitrogens with zero attached hydrogens (tertiary/aromatic N) is 1. The molecule has 2 fully saturated rings. The van der Waals surface area contributed by atoms with Crippen LogP contribution in [0.1, 0.15) is 64.4 Å². The molecule has 1 N–H and O–H groups in total. The van der Waals surface area contributed by atoms with Gasteiger partial charge in [0.15, 0.2) is 0 Å². The van der Waals surface area contributed by atoms with Crippen molar-refractivity contribution in [1.29, 1.82) is 0 Å². The summed E-state index contributed by atoms with van der Waals surface area (Å²) in [5.74, 6) is 0.571. The first-order valence-corrected chi connectivity index (χ1v) is 12.3. The lowest BCUT2D eigenvalue weighted by Gasteiger charge is -2.38. The van der Waals surface area contributed by atoms with E-state index in [-0.39, 0.29) is 11.7 Å². The molecule has 1 aromatic carbocycles. The number of hydrogen-bond acceptors (Lipinski definition) is 3. The van der Waals surface area contributed by atoms with Crippen molar-refractivity contribution >= 4 is 21.6 Å². The van der Waals surface area contributed by atoms with E-state index in [2.05, 4.69) is 12.2 Å². The van der Waals surface area contributed by atoms with Gasteiger partial charge in [0.2, 0.25) is 15.9 Å². The molecule has 156 valence electrons. The summed E-state index contributed by atoms with van der Waals surface area (Å²) in [5, 5.41) is 3.02. The predicted molar refractivity (Wildman–Crippen MR) is 114 cm³/mol. The molecule has 0 unspecified atom stereocenters. The Hall–Kier alpha value is -1.40. The van der Waals surface area contributed by atoms with Gasteiger partial charge in [-0.1, -0.05) is 45.2 Å². The van der Waals surface area contributed by atoms with Gasteiger partial charge in [-0.25, -0.2) is 12.7 Å². The second-order valence-electron chi connectivity index (χ2n) is 8.75. The third-order valence-corrected chi connectivity index (χ3v) is 8.60. The van der Waals surface area contributed by atoms with Crippen molar-refractivity contribution in [1.82, 2.24) is 4.31 Å². The molecule has 2 aliphatic rings. The highest BCUT2D eigenvalue weighted by molar-refractivity contribution is 7.89. The lowest BCUT2D eigenvalue weighted by Crippen LogP contribution is -2.48. The number of amides is 1. The molecule has 1 aliphatic carbocycles. The van der Waals surface area contributed by atoms with Crippen molar-refractivity contribution in [2.24, 2.45) is 11.3 Å². The summed E-state index contributed by atoms with van der Waals surface area (Å²) in [5.41, 5.74) is 1.51. The van der Waals surface area contributed by atoms with Crippen molar-refractivity contribution in [2.45, 2.75) is 65.2 Å². The Labute approximate surface area is 169 Å². The normalized spacial score (nSPS) is 21.4. The van der Waals surface area contributed by atoms with E-state index in [4.69, 9.17) is 0 Å². The standard InChI is InChI=1S/C22H34N2O3S/c1-3-18-9-11-20(12-10-18)23-21(25)22(2)13-15-24(16-14-22)28(26,27)17-19-7-5-4-6-8-19/h9-12,19H,3-8,13-17H2,1-2H3,(H,23,25). The second-order valence-corrected chi connectivity index (χ2v) is 10.8. The van der Waals surface area contributed by atoms with Gasteiger partial charge in [0, 0.05) is 24.2 Å². The number of sulfonamides is 1. The predicted octanol–water partition coefficient (Wildman–Crippen LogP) is 4.20. The third kappa shape index (κ3) is 5.15. The monoisotopic (exact) mass is 406 g/mol. The number of hydrogen-bond donors (Lipinski definition) is 1. The zero-order valence-corrected chi connectivity index (χ0v) is 18.1. The van der Waals surface area contributed by atoms with Gasteiger partial charge in [0.05, 0.1) is 5.75 Å². The summed E-state index contributed by atoms with van der Waals surface area (Å²) >= 11 is 0. The Bertz CT molecular complexity index is 759. The zero-order valence-electron chi connectivity index (χ0n) is 17.2. The Morgan fingerprint density at radius 2 is 1.71 bits per heavy atom. The quantitative estimate of drug-likeness (QED) is 0.770. The van der Waals surface area contributed by atoms with Crippen LogP contribution in [-0.4, -0.2) is 37.5 Å². The van der Waals surface area contributed by atoms with Crippen molar-refractivity contribution < 1.29 is 13.2 Å². The fourth-order valence-corrected chi connectivity index (χ4v) is 6.23. The largest absolute Gasteiger partial charge is 0.326 e. The molecule has 28 heavy (non-hydrogen) atoms.